The highest BCUT2D eigenvalue weighted by molar-refractivity contribution is 5.99. The Morgan fingerprint density at radius 3 is 2.75 bits per heavy atom. The van der Waals surface area contributed by atoms with Crippen LogP contribution in [0.5, 0.6) is 0 Å². The van der Waals surface area contributed by atoms with Crippen LogP contribution in [0.25, 0.3) is 0 Å². The average Bonchev–Trinajstić information content (AvgIpc) is 2.27. The number of hydrogen-bond acceptors (Lipinski definition) is 4. The molecule has 1 amide bonds. The predicted octanol–water partition coefficient (Wildman–Crippen LogP) is 0.507. The van der Waals surface area contributed by atoms with Crippen molar-refractivity contribution in [2.75, 3.05) is 19.4 Å². The number of amides is 1. The number of nitrogen functional groups attached to an aromatic ring is 1. The molecule has 0 fully saturated rings. The Labute approximate surface area is 94.9 Å². The lowest BCUT2D eigenvalue weighted by atomic mass is 10.0. The number of nitrogens with zero attached hydrogens (tertiary/aromatic N) is 2. The van der Waals surface area contributed by atoms with Crippen LogP contribution < -0.4 is 5.73 Å². The standard InChI is InChI=1S/C11H17N3O2/c1-11(2,7-15)14(3)10(16)8-4-5-13-6-9(8)12/h4-6,15H,7,12H2,1-3H3. The van der Waals surface area contributed by atoms with Crippen LogP contribution in [-0.4, -0.2) is 40.1 Å². The minimum absolute atomic E-state index is 0.111. The molecule has 5 heteroatoms. The molecule has 5 nitrogen and oxygen atoms in total. The van der Waals surface area contributed by atoms with Gasteiger partial charge < -0.3 is 15.7 Å². The summed E-state index contributed by atoms with van der Waals surface area (Å²) in [5.74, 6) is -0.223. The molecule has 0 radical (unpaired) electrons. The van der Waals surface area contributed by atoms with E-state index in [1.807, 2.05) is 0 Å². The van der Waals surface area contributed by atoms with Crippen LogP contribution in [-0.2, 0) is 0 Å². The Hall–Kier alpha value is -1.62. The van der Waals surface area contributed by atoms with Crippen molar-refractivity contribution in [2.24, 2.45) is 0 Å². The zero-order chi connectivity index (χ0) is 12.3. The zero-order valence-electron chi connectivity index (χ0n) is 9.77. The van der Waals surface area contributed by atoms with Crippen molar-refractivity contribution >= 4 is 11.6 Å². The van der Waals surface area contributed by atoms with E-state index in [1.165, 1.54) is 17.3 Å². The second kappa shape index (κ2) is 4.49. The molecule has 3 N–H and O–H groups in total. The number of aliphatic hydroxyl groups excluding tert-OH is 1. The van der Waals surface area contributed by atoms with E-state index in [1.54, 1.807) is 27.0 Å². The van der Waals surface area contributed by atoms with E-state index in [0.717, 1.165) is 0 Å². The molecule has 88 valence electrons. The SMILES string of the molecule is CN(C(=O)c1ccncc1N)C(C)(C)CO. The van der Waals surface area contributed by atoms with E-state index in [9.17, 15) is 9.90 Å². The Morgan fingerprint density at radius 1 is 1.62 bits per heavy atom. The number of hydrogen-bond donors (Lipinski definition) is 2. The molecular weight excluding hydrogens is 206 g/mol. The fourth-order valence-corrected chi connectivity index (χ4v) is 1.16. The Bertz CT molecular complexity index is 391. The highest BCUT2D eigenvalue weighted by atomic mass is 16.3. The number of aromatic nitrogens is 1. The molecule has 16 heavy (non-hydrogen) atoms. The first-order chi connectivity index (χ1) is 7.40. The van der Waals surface area contributed by atoms with Crippen molar-refractivity contribution in [1.82, 2.24) is 9.88 Å². The molecule has 0 spiro atoms. The van der Waals surface area contributed by atoms with E-state index in [4.69, 9.17) is 5.73 Å². The molecular formula is C11H17N3O2. The first-order valence-corrected chi connectivity index (χ1v) is 4.98. The van der Waals surface area contributed by atoms with Gasteiger partial charge in [-0.1, -0.05) is 0 Å². The second-order valence-corrected chi connectivity index (χ2v) is 4.30. The number of anilines is 1. The molecule has 0 saturated carbocycles. The van der Waals surface area contributed by atoms with Crippen LogP contribution in [0.2, 0.25) is 0 Å². The number of rotatable bonds is 3. The summed E-state index contributed by atoms with van der Waals surface area (Å²) in [5, 5.41) is 9.19. The van der Waals surface area contributed by atoms with Crippen molar-refractivity contribution in [3.05, 3.63) is 24.0 Å². The van der Waals surface area contributed by atoms with Crippen molar-refractivity contribution in [3.8, 4) is 0 Å². The van der Waals surface area contributed by atoms with Crippen LogP contribution in [0.15, 0.2) is 18.5 Å². The van der Waals surface area contributed by atoms with Crippen LogP contribution >= 0.6 is 0 Å². The van der Waals surface area contributed by atoms with Gasteiger partial charge in [0, 0.05) is 13.2 Å². The van der Waals surface area contributed by atoms with Crippen LogP contribution in [0.3, 0.4) is 0 Å². The van der Waals surface area contributed by atoms with Gasteiger partial charge in [-0.3, -0.25) is 9.78 Å². The molecule has 0 saturated heterocycles. The largest absolute Gasteiger partial charge is 0.397 e. The van der Waals surface area contributed by atoms with Crippen molar-refractivity contribution in [1.29, 1.82) is 0 Å². The van der Waals surface area contributed by atoms with Crippen molar-refractivity contribution < 1.29 is 9.90 Å². The monoisotopic (exact) mass is 223 g/mol. The van der Waals surface area contributed by atoms with E-state index in [-0.39, 0.29) is 12.5 Å². The summed E-state index contributed by atoms with van der Waals surface area (Å²) in [7, 11) is 1.64. The molecule has 1 aromatic rings. The van der Waals surface area contributed by atoms with Crippen LogP contribution in [0, 0.1) is 0 Å². The fourth-order valence-electron chi connectivity index (χ4n) is 1.16. The average molecular weight is 223 g/mol. The third-order valence-electron chi connectivity index (χ3n) is 2.68. The molecule has 0 aliphatic heterocycles. The van der Waals surface area contributed by atoms with Gasteiger partial charge in [-0.2, -0.15) is 0 Å². The van der Waals surface area contributed by atoms with Crippen LogP contribution in [0.4, 0.5) is 5.69 Å². The highest BCUT2D eigenvalue weighted by Crippen LogP contribution is 2.18. The van der Waals surface area contributed by atoms with Gasteiger partial charge in [0.15, 0.2) is 0 Å². The third-order valence-corrected chi connectivity index (χ3v) is 2.68. The number of likely N-dealkylation sites (N-methyl/N-ethyl adjacent to an activating group) is 1. The maximum atomic E-state index is 12.1. The first kappa shape index (κ1) is 12.4. The van der Waals surface area contributed by atoms with E-state index < -0.39 is 5.54 Å². The molecule has 1 aromatic heterocycles. The van der Waals surface area contributed by atoms with Gasteiger partial charge in [0.05, 0.1) is 29.6 Å². The smallest absolute Gasteiger partial charge is 0.256 e. The lowest BCUT2D eigenvalue weighted by Gasteiger charge is -2.34. The summed E-state index contributed by atoms with van der Waals surface area (Å²) in [6.45, 7) is 3.45. The van der Waals surface area contributed by atoms with Crippen molar-refractivity contribution in [2.45, 2.75) is 19.4 Å². The summed E-state index contributed by atoms with van der Waals surface area (Å²) in [6, 6.07) is 1.57. The molecule has 0 bridgehead atoms. The van der Waals surface area contributed by atoms with E-state index >= 15 is 0 Å². The van der Waals surface area contributed by atoms with Gasteiger partial charge in [-0.05, 0) is 19.9 Å². The molecule has 0 aromatic carbocycles. The molecule has 0 unspecified atom stereocenters. The number of carbonyl (C=O) groups is 1. The van der Waals surface area contributed by atoms with E-state index in [0.29, 0.717) is 11.3 Å². The van der Waals surface area contributed by atoms with Gasteiger partial charge in [-0.15, -0.1) is 0 Å². The Balaban J connectivity index is 3.00. The molecule has 0 aliphatic rings. The fraction of sp³-hybridized carbons (Fsp3) is 0.455. The third kappa shape index (κ3) is 2.30. The normalized spacial score (nSPS) is 11.2. The maximum Gasteiger partial charge on any atom is 0.256 e. The molecule has 0 atom stereocenters. The number of nitrogens with two attached hydrogens (primary N) is 1. The lowest BCUT2D eigenvalue weighted by molar-refractivity contribution is 0.0474. The topological polar surface area (TPSA) is 79.5 Å². The summed E-state index contributed by atoms with van der Waals surface area (Å²) in [6.07, 6.45) is 2.95. The quantitative estimate of drug-likeness (QED) is 0.782. The molecule has 1 heterocycles. The molecule has 1 rings (SSSR count). The van der Waals surface area contributed by atoms with Crippen molar-refractivity contribution in [3.63, 3.8) is 0 Å². The van der Waals surface area contributed by atoms with Crippen LogP contribution in [0.1, 0.15) is 24.2 Å². The maximum absolute atomic E-state index is 12.1. The highest BCUT2D eigenvalue weighted by Gasteiger charge is 2.28. The summed E-state index contributed by atoms with van der Waals surface area (Å²) < 4.78 is 0. The predicted molar refractivity (Wildman–Crippen MR) is 61.9 cm³/mol. The number of aliphatic hydroxyl groups is 1. The van der Waals surface area contributed by atoms with Gasteiger partial charge in [-0.25, -0.2) is 0 Å². The van der Waals surface area contributed by atoms with Gasteiger partial charge in [0.25, 0.3) is 5.91 Å². The Kier molecular flexibility index (Phi) is 3.49. The van der Waals surface area contributed by atoms with E-state index in [2.05, 4.69) is 4.98 Å². The minimum Gasteiger partial charge on any atom is -0.397 e. The van der Waals surface area contributed by atoms with Gasteiger partial charge in [0.1, 0.15) is 0 Å². The number of pyridine rings is 1. The Morgan fingerprint density at radius 2 is 2.25 bits per heavy atom. The lowest BCUT2D eigenvalue weighted by Crippen LogP contribution is -2.47. The second-order valence-electron chi connectivity index (χ2n) is 4.30. The number of carbonyl (C=O) groups excluding carboxylic acids is 1. The van der Waals surface area contributed by atoms with Gasteiger partial charge >= 0.3 is 0 Å². The summed E-state index contributed by atoms with van der Waals surface area (Å²) in [4.78, 5) is 17.4. The first-order valence-electron chi connectivity index (χ1n) is 4.98. The zero-order valence-corrected chi connectivity index (χ0v) is 9.77. The summed E-state index contributed by atoms with van der Waals surface area (Å²) >= 11 is 0. The minimum atomic E-state index is -0.618. The molecule has 0 aliphatic carbocycles. The van der Waals surface area contributed by atoms with Gasteiger partial charge in [0.2, 0.25) is 0 Å². The summed E-state index contributed by atoms with van der Waals surface area (Å²) in [5.41, 5.74) is 5.80.